The molecule has 2 nitrogen and oxygen atoms in total. The van der Waals surface area contributed by atoms with Crippen LogP contribution >= 0.6 is 38.9 Å². The maximum absolute atomic E-state index is 12.0. The molecule has 0 aliphatic carbocycles. The molecule has 8 heteroatoms. The first-order valence-corrected chi connectivity index (χ1v) is 7.23. The molecular formula is C12H7BrClF3O2S. The Balaban J connectivity index is 2.17. The van der Waals surface area contributed by atoms with Gasteiger partial charge >= 0.3 is 6.36 Å². The van der Waals surface area contributed by atoms with Crippen molar-refractivity contribution >= 4 is 38.9 Å². The summed E-state index contributed by atoms with van der Waals surface area (Å²) in [5.74, 6) is -0.334. The number of thiophene rings is 1. The van der Waals surface area contributed by atoms with Crippen molar-refractivity contribution in [1.29, 1.82) is 0 Å². The van der Waals surface area contributed by atoms with E-state index in [1.807, 2.05) is 0 Å². The van der Waals surface area contributed by atoms with Crippen molar-refractivity contribution in [3.05, 3.63) is 49.6 Å². The molecule has 0 bridgehead atoms. The number of aliphatic hydroxyl groups excluding tert-OH is 1. The molecule has 1 heterocycles. The lowest BCUT2D eigenvalue weighted by Gasteiger charge is -2.11. The number of rotatable bonds is 3. The predicted molar refractivity (Wildman–Crippen MR) is 74.2 cm³/mol. The Kier molecular flexibility index (Phi) is 4.63. The smallest absolute Gasteiger partial charge is 0.406 e. The lowest BCUT2D eigenvalue weighted by atomic mass is 10.1. The number of ether oxygens (including phenoxy) is 1. The van der Waals surface area contributed by atoms with Crippen molar-refractivity contribution in [2.45, 2.75) is 12.5 Å². The van der Waals surface area contributed by atoms with Gasteiger partial charge in [-0.1, -0.05) is 23.7 Å². The van der Waals surface area contributed by atoms with Crippen molar-refractivity contribution in [2.75, 3.05) is 0 Å². The summed E-state index contributed by atoms with van der Waals surface area (Å²) >= 11 is 10.4. The summed E-state index contributed by atoms with van der Waals surface area (Å²) < 4.78 is 40.5. The summed E-state index contributed by atoms with van der Waals surface area (Å²) in [7, 11) is 0. The van der Waals surface area contributed by atoms with Gasteiger partial charge in [0.25, 0.3) is 0 Å². The summed E-state index contributed by atoms with van der Waals surface area (Å²) in [6.07, 6.45) is -5.68. The molecule has 1 unspecified atom stereocenters. The highest BCUT2D eigenvalue weighted by Gasteiger charge is 2.31. The fourth-order valence-corrected chi connectivity index (χ4v) is 3.28. The van der Waals surface area contributed by atoms with Crippen LogP contribution in [0.4, 0.5) is 13.2 Å². The van der Waals surface area contributed by atoms with Crippen LogP contribution in [-0.4, -0.2) is 11.5 Å². The predicted octanol–water partition coefficient (Wildman–Crippen LogP) is 5.14. The SMILES string of the molecule is OC(c1ccc(OC(F)(F)F)cc1)c1cc(Cl)c(Br)s1. The van der Waals surface area contributed by atoms with Crippen molar-refractivity contribution in [1.82, 2.24) is 0 Å². The number of benzene rings is 1. The molecule has 0 saturated carbocycles. The minimum atomic E-state index is -4.73. The van der Waals surface area contributed by atoms with Gasteiger partial charge < -0.3 is 9.84 Å². The third-order valence-corrected chi connectivity index (χ3v) is 4.89. The van der Waals surface area contributed by atoms with E-state index in [4.69, 9.17) is 11.6 Å². The van der Waals surface area contributed by atoms with Gasteiger partial charge in [0.05, 0.1) is 8.81 Å². The van der Waals surface area contributed by atoms with Gasteiger partial charge in [-0.25, -0.2) is 0 Å². The molecule has 1 aromatic heterocycles. The van der Waals surface area contributed by atoms with Crippen molar-refractivity contribution in [2.24, 2.45) is 0 Å². The zero-order valence-corrected chi connectivity index (χ0v) is 12.8. The van der Waals surface area contributed by atoms with Gasteiger partial charge in [-0.05, 0) is 39.7 Å². The van der Waals surface area contributed by atoms with Gasteiger partial charge in [0.2, 0.25) is 0 Å². The average molecular weight is 388 g/mol. The zero-order valence-electron chi connectivity index (χ0n) is 9.62. The highest BCUT2D eigenvalue weighted by molar-refractivity contribution is 9.11. The first kappa shape index (κ1) is 15.6. The topological polar surface area (TPSA) is 29.5 Å². The van der Waals surface area contributed by atoms with Crippen LogP contribution in [0.1, 0.15) is 16.5 Å². The summed E-state index contributed by atoms with van der Waals surface area (Å²) in [6.45, 7) is 0. The van der Waals surface area contributed by atoms with Crippen LogP contribution < -0.4 is 4.74 Å². The van der Waals surface area contributed by atoms with Crippen molar-refractivity contribution < 1.29 is 23.0 Å². The number of hydrogen-bond donors (Lipinski definition) is 1. The van der Waals surface area contributed by atoms with Gasteiger partial charge in [-0.15, -0.1) is 24.5 Å². The lowest BCUT2D eigenvalue weighted by molar-refractivity contribution is -0.274. The van der Waals surface area contributed by atoms with E-state index in [2.05, 4.69) is 20.7 Å². The minimum Gasteiger partial charge on any atom is -0.406 e. The monoisotopic (exact) mass is 386 g/mol. The van der Waals surface area contributed by atoms with Gasteiger partial charge in [0.1, 0.15) is 11.9 Å². The highest BCUT2D eigenvalue weighted by atomic mass is 79.9. The van der Waals surface area contributed by atoms with Gasteiger partial charge in [-0.2, -0.15) is 0 Å². The van der Waals surface area contributed by atoms with Crippen LogP contribution in [-0.2, 0) is 0 Å². The summed E-state index contributed by atoms with van der Waals surface area (Å²) in [4.78, 5) is 0.589. The fourth-order valence-electron chi connectivity index (χ4n) is 1.51. The van der Waals surface area contributed by atoms with Crippen molar-refractivity contribution in [3.8, 4) is 5.75 Å². The highest BCUT2D eigenvalue weighted by Crippen LogP contribution is 2.37. The largest absolute Gasteiger partial charge is 0.573 e. The van der Waals surface area contributed by atoms with Crippen LogP contribution in [0.25, 0.3) is 0 Å². The van der Waals surface area contributed by atoms with E-state index < -0.39 is 12.5 Å². The van der Waals surface area contributed by atoms with Crippen molar-refractivity contribution in [3.63, 3.8) is 0 Å². The summed E-state index contributed by atoms with van der Waals surface area (Å²) in [5.41, 5.74) is 0.449. The molecule has 0 fully saturated rings. The van der Waals surface area contributed by atoms with Gasteiger partial charge in [-0.3, -0.25) is 0 Å². The zero-order chi connectivity index (χ0) is 14.9. The van der Waals surface area contributed by atoms with E-state index in [0.29, 0.717) is 19.2 Å². The van der Waals surface area contributed by atoms with Crippen LogP contribution in [0, 0.1) is 0 Å². The number of alkyl halides is 3. The molecule has 1 N–H and O–H groups in total. The molecule has 2 rings (SSSR count). The second-order valence-corrected chi connectivity index (χ2v) is 6.60. The van der Waals surface area contributed by atoms with E-state index in [-0.39, 0.29) is 5.75 Å². The Labute approximate surface area is 129 Å². The Morgan fingerprint density at radius 1 is 1.25 bits per heavy atom. The minimum absolute atomic E-state index is 0.334. The normalized spacial score (nSPS) is 13.3. The van der Waals surface area contributed by atoms with E-state index in [1.54, 1.807) is 6.07 Å². The van der Waals surface area contributed by atoms with Crippen LogP contribution in [0.5, 0.6) is 5.75 Å². The van der Waals surface area contributed by atoms with E-state index in [1.165, 1.54) is 23.5 Å². The Bertz CT molecular complexity index is 578. The average Bonchev–Trinajstić information content (AvgIpc) is 2.68. The second kappa shape index (κ2) is 5.93. The van der Waals surface area contributed by atoms with Crippen LogP contribution in [0.15, 0.2) is 34.1 Å². The Hall–Kier alpha value is -0.760. The third-order valence-electron chi connectivity index (χ3n) is 2.36. The lowest BCUT2D eigenvalue weighted by Crippen LogP contribution is -2.17. The molecule has 20 heavy (non-hydrogen) atoms. The van der Waals surface area contributed by atoms with E-state index in [9.17, 15) is 18.3 Å². The molecule has 2 aromatic rings. The van der Waals surface area contributed by atoms with E-state index in [0.717, 1.165) is 12.1 Å². The number of halogens is 5. The molecular weight excluding hydrogens is 381 g/mol. The third kappa shape index (κ3) is 3.88. The quantitative estimate of drug-likeness (QED) is 0.790. The standard InChI is InChI=1S/C12H7BrClF3O2S/c13-11-8(14)5-9(20-11)10(18)6-1-3-7(4-2-6)19-12(15,16)17/h1-5,10,18H. The second-order valence-electron chi connectivity index (χ2n) is 3.79. The molecule has 0 aliphatic heterocycles. The molecule has 0 amide bonds. The maximum Gasteiger partial charge on any atom is 0.573 e. The molecule has 0 aliphatic rings. The molecule has 1 atom stereocenters. The Morgan fingerprint density at radius 3 is 2.30 bits per heavy atom. The first-order valence-electron chi connectivity index (χ1n) is 5.25. The van der Waals surface area contributed by atoms with Gasteiger partial charge in [0, 0.05) is 4.88 Å². The summed E-state index contributed by atoms with van der Waals surface area (Å²) in [5, 5.41) is 10.6. The molecule has 0 radical (unpaired) electrons. The molecule has 108 valence electrons. The maximum atomic E-state index is 12.0. The van der Waals surface area contributed by atoms with Crippen LogP contribution in [0.3, 0.4) is 0 Å². The van der Waals surface area contributed by atoms with Gasteiger partial charge in [0.15, 0.2) is 0 Å². The molecule has 0 saturated heterocycles. The fraction of sp³-hybridized carbons (Fsp3) is 0.167. The molecule has 0 spiro atoms. The van der Waals surface area contributed by atoms with Crippen LogP contribution in [0.2, 0.25) is 5.02 Å². The number of hydrogen-bond acceptors (Lipinski definition) is 3. The van der Waals surface area contributed by atoms with E-state index >= 15 is 0 Å². The number of aliphatic hydroxyl groups is 1. The Morgan fingerprint density at radius 2 is 1.85 bits per heavy atom. The summed E-state index contributed by atoms with van der Waals surface area (Å²) in [6, 6.07) is 6.63. The molecule has 1 aromatic carbocycles. The first-order chi connectivity index (χ1) is 9.26.